The lowest BCUT2D eigenvalue weighted by molar-refractivity contribution is 1.04. The maximum Gasteiger partial charge on any atom is 0.161 e. The van der Waals surface area contributed by atoms with Crippen LogP contribution < -0.4 is 5.73 Å². The van der Waals surface area contributed by atoms with Crippen molar-refractivity contribution >= 4 is 25.5 Å². The fourth-order valence-electron chi connectivity index (χ4n) is 0.732. The summed E-state index contributed by atoms with van der Waals surface area (Å²) in [5, 5.41) is 7.62. The van der Waals surface area contributed by atoms with E-state index < -0.39 is 8.07 Å². The second-order valence-electron chi connectivity index (χ2n) is 3.97. The minimum Gasteiger partial charge on any atom is -0.381 e. The topological polar surface area (TPSA) is 51.8 Å². The summed E-state index contributed by atoms with van der Waals surface area (Å²) in [7, 11) is -1.39. The van der Waals surface area contributed by atoms with Crippen LogP contribution in [-0.4, -0.2) is 18.3 Å². The van der Waals surface area contributed by atoms with Gasteiger partial charge in [-0.2, -0.15) is 0 Å². The molecule has 3 nitrogen and oxygen atoms in total. The second-order valence-corrected chi connectivity index (χ2v) is 9.10. The van der Waals surface area contributed by atoms with E-state index in [2.05, 4.69) is 41.3 Å². The highest BCUT2D eigenvalue weighted by atomic mass is 35.5. The molecule has 14 heavy (non-hydrogen) atoms. The first-order valence-corrected chi connectivity index (χ1v) is 8.08. The van der Waals surface area contributed by atoms with Crippen LogP contribution in [0.5, 0.6) is 0 Å². The summed E-state index contributed by atoms with van der Waals surface area (Å²) in [6.07, 6.45) is 0. The summed E-state index contributed by atoms with van der Waals surface area (Å²) in [5.41, 5.74) is 9.45. The lowest BCUT2D eigenvalue weighted by Crippen LogP contribution is -2.16. The first-order valence-electron chi connectivity index (χ1n) is 4.20. The number of hydrogen-bond donors (Lipinski definition) is 1. The van der Waals surface area contributed by atoms with Gasteiger partial charge in [0.15, 0.2) is 11.0 Å². The Morgan fingerprint density at radius 3 is 2.57 bits per heavy atom. The van der Waals surface area contributed by atoms with Crippen molar-refractivity contribution < 1.29 is 0 Å². The third kappa shape index (κ3) is 3.36. The van der Waals surface area contributed by atoms with Crippen molar-refractivity contribution in [1.29, 1.82) is 0 Å². The Hall–Kier alpha value is -1.05. The average Bonchev–Trinajstić information content (AvgIpc) is 2.05. The van der Waals surface area contributed by atoms with Gasteiger partial charge in [0, 0.05) is 0 Å². The number of hydrogen-bond acceptors (Lipinski definition) is 3. The second kappa shape index (κ2) is 3.99. The Labute approximate surface area is 89.7 Å². The Bertz CT molecular complexity index is 401. The van der Waals surface area contributed by atoms with Crippen LogP contribution in [0.4, 0.5) is 5.82 Å². The number of aromatic nitrogens is 2. The maximum absolute atomic E-state index is 5.68. The molecule has 1 rings (SSSR count). The van der Waals surface area contributed by atoms with Crippen molar-refractivity contribution in [1.82, 2.24) is 10.2 Å². The van der Waals surface area contributed by atoms with Crippen LogP contribution in [0.15, 0.2) is 6.07 Å². The number of rotatable bonds is 0. The van der Waals surface area contributed by atoms with Gasteiger partial charge in [0.2, 0.25) is 0 Å². The van der Waals surface area contributed by atoms with Gasteiger partial charge < -0.3 is 5.73 Å². The Kier molecular flexibility index (Phi) is 3.14. The Morgan fingerprint density at radius 2 is 2.00 bits per heavy atom. The first kappa shape index (κ1) is 11.0. The molecule has 0 aliphatic rings. The molecular formula is C9H12ClN3Si. The molecule has 0 aliphatic heterocycles. The van der Waals surface area contributed by atoms with E-state index in [1.165, 1.54) is 0 Å². The van der Waals surface area contributed by atoms with Gasteiger partial charge in [-0.05, 0) is 6.07 Å². The zero-order valence-electron chi connectivity index (χ0n) is 8.43. The number of anilines is 1. The van der Waals surface area contributed by atoms with Crippen LogP contribution in [0.2, 0.25) is 24.8 Å². The first-order chi connectivity index (χ1) is 6.38. The highest BCUT2D eigenvalue weighted by molar-refractivity contribution is 6.83. The molecule has 1 aromatic heterocycles. The summed E-state index contributed by atoms with van der Waals surface area (Å²) in [5.74, 6) is 3.33. The molecule has 0 aliphatic carbocycles. The van der Waals surface area contributed by atoms with Crippen molar-refractivity contribution in [3.05, 3.63) is 16.8 Å². The van der Waals surface area contributed by atoms with E-state index in [9.17, 15) is 0 Å². The quantitative estimate of drug-likeness (QED) is 0.542. The minimum atomic E-state index is -1.39. The van der Waals surface area contributed by atoms with Gasteiger partial charge in [0.25, 0.3) is 0 Å². The summed E-state index contributed by atoms with van der Waals surface area (Å²) in [4.78, 5) is 0. The van der Waals surface area contributed by atoms with E-state index in [1.54, 1.807) is 6.07 Å². The van der Waals surface area contributed by atoms with Gasteiger partial charge in [-0.1, -0.05) is 37.2 Å². The molecule has 0 aromatic carbocycles. The highest BCUT2D eigenvalue weighted by Gasteiger charge is 2.08. The number of nitrogen functional groups attached to an aromatic ring is 1. The minimum absolute atomic E-state index is 0.319. The normalized spacial score (nSPS) is 10.6. The highest BCUT2D eigenvalue weighted by Crippen LogP contribution is 2.11. The fraction of sp³-hybridized carbons (Fsp3) is 0.333. The molecule has 0 radical (unpaired) electrons. The van der Waals surface area contributed by atoms with E-state index in [1.807, 2.05) is 0 Å². The third-order valence-corrected chi connectivity index (χ3v) is 2.42. The predicted octanol–water partition coefficient (Wildman–Crippen LogP) is 1.94. The lowest BCUT2D eigenvalue weighted by atomic mass is 10.3. The van der Waals surface area contributed by atoms with Gasteiger partial charge in [0.1, 0.15) is 8.07 Å². The zero-order valence-corrected chi connectivity index (χ0v) is 10.2. The molecule has 2 N–H and O–H groups in total. The third-order valence-electron chi connectivity index (χ3n) is 1.36. The van der Waals surface area contributed by atoms with Gasteiger partial charge in [0.05, 0.1) is 5.56 Å². The van der Waals surface area contributed by atoms with Crippen LogP contribution in [0.1, 0.15) is 5.56 Å². The summed E-state index contributed by atoms with van der Waals surface area (Å²) >= 11 is 5.68. The van der Waals surface area contributed by atoms with Gasteiger partial charge in [-0.3, -0.25) is 0 Å². The molecule has 0 atom stereocenters. The molecule has 0 spiro atoms. The molecule has 0 amide bonds. The van der Waals surface area contributed by atoms with Crippen LogP contribution in [0, 0.1) is 11.5 Å². The Morgan fingerprint density at radius 1 is 1.36 bits per heavy atom. The molecule has 0 saturated heterocycles. The van der Waals surface area contributed by atoms with Crippen molar-refractivity contribution in [2.24, 2.45) is 0 Å². The van der Waals surface area contributed by atoms with Crippen LogP contribution in [0.3, 0.4) is 0 Å². The van der Waals surface area contributed by atoms with E-state index >= 15 is 0 Å². The molecule has 1 heterocycles. The van der Waals surface area contributed by atoms with E-state index in [4.69, 9.17) is 17.3 Å². The standard InChI is InChI=1S/C9H12ClN3Si/c1-14(2,3)5-4-7-6-8(10)12-13-9(7)11/h6H,1-3H3,(H2,11,13). The summed E-state index contributed by atoms with van der Waals surface area (Å²) < 4.78 is 0. The monoisotopic (exact) mass is 225 g/mol. The number of nitrogens with zero attached hydrogens (tertiary/aromatic N) is 2. The van der Waals surface area contributed by atoms with Crippen molar-refractivity contribution in [2.75, 3.05) is 5.73 Å². The predicted molar refractivity (Wildman–Crippen MR) is 61.7 cm³/mol. The average molecular weight is 226 g/mol. The summed E-state index contributed by atoms with van der Waals surface area (Å²) in [6.45, 7) is 6.48. The summed E-state index contributed by atoms with van der Waals surface area (Å²) in [6, 6.07) is 1.64. The van der Waals surface area contributed by atoms with Gasteiger partial charge >= 0.3 is 0 Å². The molecule has 0 bridgehead atoms. The molecule has 1 aromatic rings. The SMILES string of the molecule is C[Si](C)(C)C#Cc1cc(Cl)nnc1N. The molecular weight excluding hydrogens is 214 g/mol. The lowest BCUT2D eigenvalue weighted by Gasteiger charge is -2.03. The number of halogens is 1. The number of nitrogens with two attached hydrogens (primary N) is 1. The van der Waals surface area contributed by atoms with E-state index in [0.717, 1.165) is 0 Å². The molecule has 0 fully saturated rings. The molecule has 74 valence electrons. The van der Waals surface area contributed by atoms with Gasteiger partial charge in [-0.25, -0.2) is 0 Å². The van der Waals surface area contributed by atoms with Crippen molar-refractivity contribution in [3.63, 3.8) is 0 Å². The fourth-order valence-corrected chi connectivity index (χ4v) is 1.39. The molecule has 5 heteroatoms. The Balaban J connectivity index is 3.06. The maximum atomic E-state index is 5.68. The van der Waals surface area contributed by atoms with Crippen LogP contribution in [-0.2, 0) is 0 Å². The van der Waals surface area contributed by atoms with Crippen molar-refractivity contribution in [2.45, 2.75) is 19.6 Å². The van der Waals surface area contributed by atoms with Gasteiger partial charge in [-0.15, -0.1) is 15.7 Å². The van der Waals surface area contributed by atoms with E-state index in [-0.39, 0.29) is 0 Å². The molecule has 0 unspecified atom stereocenters. The van der Waals surface area contributed by atoms with Crippen molar-refractivity contribution in [3.8, 4) is 11.5 Å². The van der Waals surface area contributed by atoms with E-state index in [0.29, 0.717) is 16.5 Å². The van der Waals surface area contributed by atoms with Crippen LogP contribution >= 0.6 is 11.6 Å². The smallest absolute Gasteiger partial charge is 0.161 e. The molecule has 0 saturated carbocycles. The zero-order chi connectivity index (χ0) is 10.8. The largest absolute Gasteiger partial charge is 0.381 e. The van der Waals surface area contributed by atoms with Crippen LogP contribution in [0.25, 0.3) is 0 Å².